The molecule has 18 heavy (non-hydrogen) atoms. The Hall–Kier alpha value is -1.37. The lowest BCUT2D eigenvalue weighted by Crippen LogP contribution is -2.30. The van der Waals surface area contributed by atoms with Crippen LogP contribution in [0, 0.1) is 12.8 Å². The third-order valence-corrected chi connectivity index (χ3v) is 3.43. The number of nitrogens with one attached hydrogen (secondary N) is 1. The van der Waals surface area contributed by atoms with Crippen LogP contribution >= 0.6 is 0 Å². The van der Waals surface area contributed by atoms with Crippen molar-refractivity contribution in [2.24, 2.45) is 17.5 Å². The van der Waals surface area contributed by atoms with Gasteiger partial charge in [0.2, 0.25) is 0 Å². The Balaban J connectivity index is 2.00. The Kier molecular flexibility index (Phi) is 4.00. The van der Waals surface area contributed by atoms with Crippen LogP contribution in [-0.2, 0) is 6.54 Å². The molecule has 0 bridgehead atoms. The summed E-state index contributed by atoms with van der Waals surface area (Å²) in [5.41, 5.74) is 8.28. The summed E-state index contributed by atoms with van der Waals surface area (Å²) in [6.45, 7) is 5.24. The van der Waals surface area contributed by atoms with Crippen LogP contribution in [0.3, 0.4) is 0 Å². The second-order valence-corrected chi connectivity index (χ2v) is 4.78. The molecule has 0 radical (unpaired) electrons. The highest BCUT2D eigenvalue weighted by atomic mass is 16.3. The zero-order valence-corrected chi connectivity index (χ0v) is 10.6. The van der Waals surface area contributed by atoms with Crippen LogP contribution in [-0.4, -0.2) is 30.4 Å². The van der Waals surface area contributed by atoms with Crippen LogP contribution in [0.15, 0.2) is 10.5 Å². The lowest BCUT2D eigenvalue weighted by atomic mass is 10.1. The Morgan fingerprint density at radius 2 is 2.44 bits per heavy atom. The van der Waals surface area contributed by atoms with Crippen LogP contribution in [0.4, 0.5) is 0 Å². The highest BCUT2D eigenvalue weighted by Crippen LogP contribution is 2.20. The lowest BCUT2D eigenvalue weighted by molar-refractivity contribution is 0.0952. The number of nitrogens with two attached hydrogens (primary N) is 2. The van der Waals surface area contributed by atoms with Gasteiger partial charge in [0.05, 0.1) is 12.1 Å². The Morgan fingerprint density at radius 3 is 3.06 bits per heavy atom. The number of hydrogen-bond donors (Lipinski definition) is 3. The van der Waals surface area contributed by atoms with Crippen molar-refractivity contribution in [2.45, 2.75) is 19.9 Å². The van der Waals surface area contributed by atoms with Crippen LogP contribution < -0.4 is 17.0 Å². The molecule has 2 heterocycles. The van der Waals surface area contributed by atoms with Gasteiger partial charge < -0.3 is 10.2 Å². The van der Waals surface area contributed by atoms with Gasteiger partial charge in [-0.05, 0) is 38.4 Å². The summed E-state index contributed by atoms with van der Waals surface area (Å²) in [5, 5.41) is 0. The molecule has 0 aromatic carbocycles. The van der Waals surface area contributed by atoms with Crippen LogP contribution in [0.25, 0.3) is 0 Å². The molecule has 1 atom stereocenters. The van der Waals surface area contributed by atoms with E-state index < -0.39 is 0 Å². The van der Waals surface area contributed by atoms with E-state index >= 15 is 0 Å². The molecule has 1 aliphatic heterocycles. The first-order chi connectivity index (χ1) is 8.63. The highest BCUT2D eigenvalue weighted by Gasteiger charge is 2.23. The molecule has 2 rings (SSSR count). The highest BCUT2D eigenvalue weighted by molar-refractivity contribution is 5.94. The van der Waals surface area contributed by atoms with E-state index in [2.05, 4.69) is 10.3 Å². The predicted molar refractivity (Wildman–Crippen MR) is 67.5 cm³/mol. The zero-order valence-electron chi connectivity index (χ0n) is 10.6. The molecule has 0 saturated carbocycles. The lowest BCUT2D eigenvalue weighted by Gasteiger charge is -2.13. The van der Waals surface area contributed by atoms with Crippen molar-refractivity contribution in [3.63, 3.8) is 0 Å². The number of carbonyl (C=O) groups excluding carboxylic acids is 1. The third-order valence-electron chi connectivity index (χ3n) is 3.43. The monoisotopic (exact) mass is 252 g/mol. The van der Waals surface area contributed by atoms with Gasteiger partial charge in [-0.2, -0.15) is 0 Å². The third kappa shape index (κ3) is 2.72. The first-order valence-electron chi connectivity index (χ1n) is 6.16. The summed E-state index contributed by atoms with van der Waals surface area (Å²) in [5.74, 6) is 6.77. The van der Waals surface area contributed by atoms with Gasteiger partial charge in [0.1, 0.15) is 11.5 Å². The van der Waals surface area contributed by atoms with Gasteiger partial charge in [-0.25, -0.2) is 5.84 Å². The number of likely N-dealkylation sites (tertiary alicyclic amines) is 1. The Morgan fingerprint density at radius 1 is 1.67 bits per heavy atom. The van der Waals surface area contributed by atoms with Gasteiger partial charge >= 0.3 is 0 Å². The van der Waals surface area contributed by atoms with E-state index in [-0.39, 0.29) is 5.91 Å². The second-order valence-electron chi connectivity index (χ2n) is 4.78. The maximum Gasteiger partial charge on any atom is 0.268 e. The molecule has 1 unspecified atom stereocenters. The fourth-order valence-corrected chi connectivity index (χ4v) is 2.39. The summed E-state index contributed by atoms with van der Waals surface area (Å²) >= 11 is 0. The van der Waals surface area contributed by atoms with Gasteiger partial charge in [0.25, 0.3) is 5.91 Å². The summed E-state index contributed by atoms with van der Waals surface area (Å²) in [6.07, 6.45) is 1.13. The molecule has 0 spiro atoms. The van der Waals surface area contributed by atoms with Crippen LogP contribution in [0.1, 0.15) is 28.3 Å². The largest absolute Gasteiger partial charge is 0.464 e. The molecule has 1 amide bonds. The minimum absolute atomic E-state index is 0.316. The number of nitrogen functional groups attached to an aromatic ring is 1. The molecular formula is C12H20N4O2. The molecule has 6 nitrogen and oxygen atoms in total. The zero-order chi connectivity index (χ0) is 13.1. The summed E-state index contributed by atoms with van der Waals surface area (Å²) < 4.78 is 5.58. The van der Waals surface area contributed by atoms with E-state index in [0.717, 1.165) is 38.4 Å². The molecule has 1 aromatic heterocycles. The maximum absolute atomic E-state index is 11.5. The summed E-state index contributed by atoms with van der Waals surface area (Å²) in [6, 6.07) is 1.76. The summed E-state index contributed by atoms with van der Waals surface area (Å²) in [7, 11) is 0. The van der Waals surface area contributed by atoms with E-state index in [1.807, 2.05) is 0 Å². The van der Waals surface area contributed by atoms with Crippen molar-refractivity contribution in [2.75, 3.05) is 19.6 Å². The molecule has 5 N–H and O–H groups in total. The SMILES string of the molecule is Cc1oc(CN2CCC(CN)C2)cc1C(=O)NN. The number of furan rings is 1. The summed E-state index contributed by atoms with van der Waals surface area (Å²) in [4.78, 5) is 13.7. The quantitative estimate of drug-likeness (QED) is 0.397. The minimum atomic E-state index is -0.316. The smallest absolute Gasteiger partial charge is 0.268 e. The molecule has 6 heteroatoms. The van der Waals surface area contributed by atoms with E-state index in [9.17, 15) is 4.79 Å². The maximum atomic E-state index is 11.5. The molecule has 1 saturated heterocycles. The molecule has 0 aliphatic carbocycles. The van der Waals surface area contributed by atoms with Crippen LogP contribution in [0.5, 0.6) is 0 Å². The number of amides is 1. The van der Waals surface area contributed by atoms with Gasteiger partial charge in [0.15, 0.2) is 0 Å². The average Bonchev–Trinajstić information content (AvgIpc) is 2.95. The van der Waals surface area contributed by atoms with Crippen molar-refractivity contribution in [1.82, 2.24) is 10.3 Å². The van der Waals surface area contributed by atoms with Gasteiger partial charge in [-0.3, -0.25) is 15.1 Å². The Bertz CT molecular complexity index is 430. The molecule has 1 fully saturated rings. The fraction of sp³-hybridized carbons (Fsp3) is 0.583. The number of carbonyl (C=O) groups is 1. The molecular weight excluding hydrogens is 232 g/mol. The van der Waals surface area contributed by atoms with E-state index in [1.165, 1.54) is 0 Å². The second kappa shape index (κ2) is 5.51. The first kappa shape index (κ1) is 13.1. The van der Waals surface area contributed by atoms with Crippen molar-refractivity contribution in [3.05, 3.63) is 23.2 Å². The molecule has 1 aromatic rings. The van der Waals surface area contributed by atoms with E-state index in [1.54, 1.807) is 13.0 Å². The average molecular weight is 252 g/mol. The molecule has 100 valence electrons. The van der Waals surface area contributed by atoms with E-state index in [0.29, 0.717) is 17.2 Å². The van der Waals surface area contributed by atoms with Gasteiger partial charge in [-0.15, -0.1) is 0 Å². The fourth-order valence-electron chi connectivity index (χ4n) is 2.39. The topological polar surface area (TPSA) is 97.5 Å². The number of hydrogen-bond acceptors (Lipinski definition) is 5. The van der Waals surface area contributed by atoms with Gasteiger partial charge in [-0.1, -0.05) is 0 Å². The van der Waals surface area contributed by atoms with Crippen molar-refractivity contribution >= 4 is 5.91 Å². The first-order valence-corrected chi connectivity index (χ1v) is 6.16. The Labute approximate surface area is 106 Å². The van der Waals surface area contributed by atoms with E-state index in [4.69, 9.17) is 16.0 Å². The predicted octanol–water partition coefficient (Wildman–Crippen LogP) is -0.0279. The normalized spacial score (nSPS) is 20.3. The number of aryl methyl sites for hydroxylation is 1. The van der Waals surface area contributed by atoms with Crippen molar-refractivity contribution < 1.29 is 9.21 Å². The van der Waals surface area contributed by atoms with Crippen molar-refractivity contribution in [1.29, 1.82) is 0 Å². The molecule has 1 aliphatic rings. The minimum Gasteiger partial charge on any atom is -0.464 e. The number of hydrazine groups is 1. The number of nitrogens with zero attached hydrogens (tertiary/aromatic N) is 1. The van der Waals surface area contributed by atoms with Gasteiger partial charge in [0, 0.05) is 6.54 Å². The number of rotatable bonds is 4. The van der Waals surface area contributed by atoms with Crippen LogP contribution in [0.2, 0.25) is 0 Å². The van der Waals surface area contributed by atoms with Crippen molar-refractivity contribution in [3.8, 4) is 0 Å². The standard InChI is InChI=1S/C12H20N4O2/c1-8-11(12(17)15-14)4-10(18-8)7-16-3-2-9(5-13)6-16/h4,9H,2-3,5-7,13-14H2,1H3,(H,15,17).